The predicted octanol–water partition coefficient (Wildman–Crippen LogP) is 4.82. The molecular formula is C26H23F2N3O2. The molecule has 0 fully saturated rings. The Bertz CT molecular complexity index is 1300. The Labute approximate surface area is 190 Å². The monoisotopic (exact) mass is 447 g/mol. The Morgan fingerprint density at radius 2 is 1.58 bits per heavy atom. The lowest BCUT2D eigenvalue weighted by atomic mass is 9.83. The van der Waals surface area contributed by atoms with Gasteiger partial charge in [-0.3, -0.25) is 10.2 Å². The number of nitrogens with two attached hydrogens (primary N) is 1. The normalized spacial score (nSPS) is 17.7. The van der Waals surface area contributed by atoms with Crippen LogP contribution in [0.5, 0.6) is 0 Å². The first-order valence-electron chi connectivity index (χ1n) is 10.8. The Balaban J connectivity index is 1.37. The molecule has 2 atom stereocenters. The molecule has 0 unspecified atom stereocenters. The second-order valence-corrected chi connectivity index (χ2v) is 8.80. The Kier molecular flexibility index (Phi) is 5.01. The van der Waals surface area contributed by atoms with Crippen LogP contribution in [0.1, 0.15) is 81.3 Å². The summed E-state index contributed by atoms with van der Waals surface area (Å²) in [6, 6.07) is 13.8. The summed E-state index contributed by atoms with van der Waals surface area (Å²) in [6.45, 7) is 3.96. The van der Waals surface area contributed by atoms with E-state index in [4.69, 9.17) is 15.9 Å². The molecule has 0 aromatic heterocycles. The van der Waals surface area contributed by atoms with Crippen LogP contribution in [-0.4, -0.2) is 11.7 Å². The third-order valence-corrected chi connectivity index (χ3v) is 6.41. The molecule has 0 aliphatic carbocycles. The summed E-state index contributed by atoms with van der Waals surface area (Å²) < 4.78 is 34.8. The number of amides is 1. The first-order chi connectivity index (χ1) is 15.7. The summed E-state index contributed by atoms with van der Waals surface area (Å²) in [5, 5.41) is 9.90. The molecule has 0 saturated heterocycles. The summed E-state index contributed by atoms with van der Waals surface area (Å²) in [6.07, 6.45) is -0.359. The SMILES string of the molecule is CC(C)c1ccc2c(c1)[C@H]1O[C@@H]2c2ccc(C(=O)NCc3c(F)cc(C(=N)N)cc3F)cc21. The molecule has 3 aromatic carbocycles. The van der Waals surface area contributed by atoms with Crippen LogP contribution in [0, 0.1) is 17.0 Å². The molecule has 168 valence electrons. The molecule has 3 aromatic rings. The minimum atomic E-state index is -0.863. The number of carbonyl (C=O) groups excluding carboxylic acids is 1. The third-order valence-electron chi connectivity index (χ3n) is 6.41. The van der Waals surface area contributed by atoms with Crippen LogP contribution in [0.3, 0.4) is 0 Å². The summed E-state index contributed by atoms with van der Waals surface area (Å²) in [7, 11) is 0. The number of hydrogen-bond acceptors (Lipinski definition) is 3. The highest BCUT2D eigenvalue weighted by Gasteiger charge is 2.43. The fourth-order valence-electron chi connectivity index (χ4n) is 4.56. The van der Waals surface area contributed by atoms with Crippen LogP contribution in [-0.2, 0) is 11.3 Å². The first kappa shape index (κ1) is 21.3. The molecule has 33 heavy (non-hydrogen) atoms. The predicted molar refractivity (Wildman–Crippen MR) is 120 cm³/mol. The smallest absolute Gasteiger partial charge is 0.251 e. The Hall–Kier alpha value is -3.58. The molecule has 2 aliphatic rings. The van der Waals surface area contributed by atoms with Gasteiger partial charge in [-0.25, -0.2) is 8.78 Å². The molecule has 7 heteroatoms. The van der Waals surface area contributed by atoms with Gasteiger partial charge in [0.15, 0.2) is 0 Å². The van der Waals surface area contributed by atoms with E-state index in [-0.39, 0.29) is 29.9 Å². The van der Waals surface area contributed by atoms with Crippen molar-refractivity contribution in [3.05, 3.63) is 105 Å². The van der Waals surface area contributed by atoms with Crippen molar-refractivity contribution in [2.45, 2.75) is 38.5 Å². The van der Waals surface area contributed by atoms with Gasteiger partial charge in [-0.2, -0.15) is 0 Å². The van der Waals surface area contributed by atoms with Crippen molar-refractivity contribution in [2.75, 3.05) is 0 Å². The van der Waals surface area contributed by atoms with Gasteiger partial charge < -0.3 is 15.8 Å². The number of benzene rings is 3. The van der Waals surface area contributed by atoms with Crippen molar-refractivity contribution in [3.63, 3.8) is 0 Å². The van der Waals surface area contributed by atoms with E-state index < -0.39 is 23.4 Å². The summed E-state index contributed by atoms with van der Waals surface area (Å²) in [5.41, 5.74) is 10.9. The number of amidine groups is 1. The minimum Gasteiger partial charge on any atom is -0.384 e. The number of halogens is 2. The minimum absolute atomic E-state index is 0.0466. The maximum Gasteiger partial charge on any atom is 0.251 e. The van der Waals surface area contributed by atoms with Gasteiger partial charge in [0, 0.05) is 23.2 Å². The van der Waals surface area contributed by atoms with E-state index in [1.807, 2.05) is 6.07 Å². The number of fused-ring (bicyclic) bond motifs is 8. The molecule has 1 amide bonds. The molecule has 4 N–H and O–H groups in total. The molecular weight excluding hydrogens is 424 g/mol. The highest BCUT2D eigenvalue weighted by Crippen LogP contribution is 2.54. The summed E-state index contributed by atoms with van der Waals surface area (Å²) in [4.78, 5) is 12.8. The zero-order valence-corrected chi connectivity index (χ0v) is 18.2. The number of nitrogens with one attached hydrogen (secondary N) is 2. The molecule has 0 spiro atoms. The average Bonchev–Trinajstić information content (AvgIpc) is 3.34. The quantitative estimate of drug-likeness (QED) is 0.387. The number of ether oxygens (including phenoxy) is 1. The van der Waals surface area contributed by atoms with E-state index in [9.17, 15) is 13.6 Å². The molecule has 5 rings (SSSR count). The third kappa shape index (κ3) is 3.49. The fourth-order valence-corrected chi connectivity index (χ4v) is 4.56. The number of hydrogen-bond donors (Lipinski definition) is 3. The van der Waals surface area contributed by atoms with Crippen molar-refractivity contribution in [1.29, 1.82) is 5.41 Å². The maximum absolute atomic E-state index is 14.3. The van der Waals surface area contributed by atoms with Gasteiger partial charge >= 0.3 is 0 Å². The van der Waals surface area contributed by atoms with Gasteiger partial charge in [0.2, 0.25) is 0 Å². The van der Waals surface area contributed by atoms with E-state index in [2.05, 4.69) is 37.4 Å². The molecule has 0 radical (unpaired) electrons. The van der Waals surface area contributed by atoms with Crippen LogP contribution >= 0.6 is 0 Å². The zero-order chi connectivity index (χ0) is 23.4. The number of rotatable bonds is 5. The molecule has 5 nitrogen and oxygen atoms in total. The van der Waals surface area contributed by atoms with Crippen molar-refractivity contribution < 1.29 is 18.3 Å². The van der Waals surface area contributed by atoms with Crippen molar-refractivity contribution in [2.24, 2.45) is 5.73 Å². The first-order valence-corrected chi connectivity index (χ1v) is 10.8. The van der Waals surface area contributed by atoms with E-state index >= 15 is 0 Å². The topological polar surface area (TPSA) is 88.2 Å². The lowest BCUT2D eigenvalue weighted by molar-refractivity contribution is 0.0857. The van der Waals surface area contributed by atoms with Crippen LogP contribution in [0.4, 0.5) is 8.78 Å². The van der Waals surface area contributed by atoms with Gasteiger partial charge in [0.25, 0.3) is 5.91 Å². The lowest BCUT2D eigenvalue weighted by Crippen LogP contribution is -2.24. The van der Waals surface area contributed by atoms with Crippen molar-refractivity contribution >= 4 is 11.7 Å². The standard InChI is InChI=1S/C26H23F2N3O2/c1-12(2)13-3-5-16-18(7-13)24-19-8-14(4-6-17(19)23(16)33-24)26(32)31-11-20-21(27)9-15(25(29)30)10-22(20)28/h3-10,12,23-24H,11H2,1-2H3,(H3,29,30)(H,31,32)/t23-,24+/m0/s1. The summed E-state index contributed by atoms with van der Waals surface area (Å²) >= 11 is 0. The molecule has 2 aliphatic heterocycles. The summed E-state index contributed by atoms with van der Waals surface area (Å²) in [5.74, 6) is -2.20. The highest BCUT2D eigenvalue weighted by molar-refractivity contribution is 5.95. The van der Waals surface area contributed by atoms with Gasteiger partial charge in [0.05, 0.1) is 0 Å². The highest BCUT2D eigenvalue weighted by atomic mass is 19.1. The van der Waals surface area contributed by atoms with E-state index in [1.54, 1.807) is 12.1 Å². The van der Waals surface area contributed by atoms with E-state index in [0.29, 0.717) is 11.5 Å². The largest absolute Gasteiger partial charge is 0.384 e. The maximum atomic E-state index is 14.3. The van der Waals surface area contributed by atoms with Crippen LogP contribution in [0.25, 0.3) is 0 Å². The zero-order valence-electron chi connectivity index (χ0n) is 18.2. The van der Waals surface area contributed by atoms with E-state index in [1.165, 1.54) is 5.56 Å². The van der Waals surface area contributed by atoms with Gasteiger partial charge in [-0.15, -0.1) is 0 Å². The number of nitrogen functional groups attached to an aromatic ring is 1. The molecule has 2 bridgehead atoms. The number of carbonyl (C=O) groups is 1. The molecule has 0 saturated carbocycles. The average molecular weight is 447 g/mol. The van der Waals surface area contributed by atoms with Gasteiger partial charge in [-0.05, 0) is 58.0 Å². The van der Waals surface area contributed by atoms with Crippen LogP contribution in [0.2, 0.25) is 0 Å². The Morgan fingerprint density at radius 1 is 0.970 bits per heavy atom. The van der Waals surface area contributed by atoms with Crippen molar-refractivity contribution in [1.82, 2.24) is 5.32 Å². The van der Waals surface area contributed by atoms with Gasteiger partial charge in [0.1, 0.15) is 29.7 Å². The Morgan fingerprint density at radius 3 is 2.21 bits per heavy atom. The van der Waals surface area contributed by atoms with E-state index in [0.717, 1.165) is 34.4 Å². The van der Waals surface area contributed by atoms with Crippen molar-refractivity contribution in [3.8, 4) is 0 Å². The fraction of sp³-hybridized carbons (Fsp3) is 0.231. The molecule has 2 heterocycles. The second kappa shape index (κ2) is 7.78. The second-order valence-electron chi connectivity index (χ2n) is 8.80. The van der Waals surface area contributed by atoms with Crippen LogP contribution < -0.4 is 11.1 Å². The van der Waals surface area contributed by atoms with Crippen LogP contribution in [0.15, 0.2) is 48.5 Å². The lowest BCUT2D eigenvalue weighted by Gasteiger charge is -2.18. The van der Waals surface area contributed by atoms with Gasteiger partial charge in [-0.1, -0.05) is 38.1 Å².